The number of aromatic nitrogens is 1. The van der Waals surface area contributed by atoms with E-state index in [2.05, 4.69) is 13.0 Å². The SMILES string of the molecule is CC[C@H](C)n1c(C#N)cc(N)c1Oc1ccccc1. The molecule has 1 aromatic heterocycles. The molecule has 0 aliphatic heterocycles. The van der Waals surface area contributed by atoms with Crippen LogP contribution in [0, 0.1) is 11.3 Å². The van der Waals surface area contributed by atoms with Gasteiger partial charge in [-0.2, -0.15) is 5.26 Å². The highest BCUT2D eigenvalue weighted by Crippen LogP contribution is 2.34. The molecule has 0 fully saturated rings. The molecule has 0 amide bonds. The Labute approximate surface area is 113 Å². The number of rotatable bonds is 4. The van der Waals surface area contributed by atoms with Crippen molar-refractivity contribution in [1.29, 1.82) is 5.26 Å². The molecule has 4 nitrogen and oxygen atoms in total. The summed E-state index contributed by atoms with van der Waals surface area (Å²) in [6.07, 6.45) is 0.897. The molecule has 98 valence electrons. The Morgan fingerprint density at radius 3 is 2.63 bits per heavy atom. The normalized spacial score (nSPS) is 11.8. The van der Waals surface area contributed by atoms with Gasteiger partial charge in [-0.05, 0) is 25.5 Å². The summed E-state index contributed by atoms with van der Waals surface area (Å²) in [5.41, 5.74) is 6.97. The molecule has 0 saturated heterocycles. The molecule has 2 rings (SSSR count). The molecule has 4 heteroatoms. The molecule has 2 N–H and O–H groups in total. The third kappa shape index (κ3) is 2.55. The first-order valence-electron chi connectivity index (χ1n) is 6.31. The van der Waals surface area contributed by atoms with E-state index < -0.39 is 0 Å². The van der Waals surface area contributed by atoms with E-state index in [9.17, 15) is 5.26 Å². The second-order valence-corrected chi connectivity index (χ2v) is 4.44. The van der Waals surface area contributed by atoms with Crippen molar-refractivity contribution in [2.45, 2.75) is 26.3 Å². The number of benzene rings is 1. The number of nitrogen functional groups attached to an aromatic ring is 1. The molecular weight excluding hydrogens is 238 g/mol. The monoisotopic (exact) mass is 255 g/mol. The van der Waals surface area contributed by atoms with E-state index in [4.69, 9.17) is 10.5 Å². The fraction of sp³-hybridized carbons (Fsp3) is 0.267. The maximum Gasteiger partial charge on any atom is 0.224 e. The highest BCUT2D eigenvalue weighted by molar-refractivity contribution is 5.56. The lowest BCUT2D eigenvalue weighted by molar-refractivity contribution is 0.398. The zero-order valence-corrected chi connectivity index (χ0v) is 11.1. The Morgan fingerprint density at radius 1 is 1.37 bits per heavy atom. The van der Waals surface area contributed by atoms with E-state index in [-0.39, 0.29) is 6.04 Å². The number of anilines is 1. The van der Waals surface area contributed by atoms with Crippen molar-refractivity contribution < 1.29 is 4.74 Å². The number of nitrogens with two attached hydrogens (primary N) is 1. The van der Waals surface area contributed by atoms with Gasteiger partial charge in [0.1, 0.15) is 17.5 Å². The third-order valence-corrected chi connectivity index (χ3v) is 3.12. The van der Waals surface area contributed by atoms with Gasteiger partial charge in [-0.25, -0.2) is 0 Å². The maximum absolute atomic E-state index is 9.18. The zero-order valence-electron chi connectivity index (χ0n) is 11.1. The predicted octanol–water partition coefficient (Wildman–Crippen LogP) is 3.71. The van der Waals surface area contributed by atoms with Crippen LogP contribution in [0.25, 0.3) is 0 Å². The fourth-order valence-electron chi connectivity index (χ4n) is 1.94. The maximum atomic E-state index is 9.18. The largest absolute Gasteiger partial charge is 0.439 e. The molecule has 0 spiro atoms. The summed E-state index contributed by atoms with van der Waals surface area (Å²) in [7, 11) is 0. The standard InChI is InChI=1S/C15H17N3O/c1-3-11(2)18-12(10-16)9-14(17)15(18)19-13-7-5-4-6-8-13/h4-9,11H,3,17H2,1-2H3/t11-/m0/s1. The highest BCUT2D eigenvalue weighted by Gasteiger charge is 2.18. The van der Waals surface area contributed by atoms with Crippen LogP contribution in [0.4, 0.5) is 5.69 Å². The number of hydrogen-bond acceptors (Lipinski definition) is 3. The van der Waals surface area contributed by atoms with Crippen molar-refractivity contribution in [2.75, 3.05) is 5.73 Å². The molecule has 0 unspecified atom stereocenters. The third-order valence-electron chi connectivity index (χ3n) is 3.12. The summed E-state index contributed by atoms with van der Waals surface area (Å²) >= 11 is 0. The Morgan fingerprint density at radius 2 is 2.05 bits per heavy atom. The van der Waals surface area contributed by atoms with E-state index in [1.807, 2.05) is 41.8 Å². The van der Waals surface area contributed by atoms with Crippen LogP contribution < -0.4 is 10.5 Å². The van der Waals surface area contributed by atoms with Gasteiger partial charge in [-0.1, -0.05) is 25.1 Å². The van der Waals surface area contributed by atoms with Gasteiger partial charge in [0.25, 0.3) is 0 Å². The Bertz CT molecular complexity index is 596. The van der Waals surface area contributed by atoms with Crippen molar-refractivity contribution in [3.05, 3.63) is 42.1 Å². The Balaban J connectivity index is 2.45. The topological polar surface area (TPSA) is 64.0 Å². The van der Waals surface area contributed by atoms with Gasteiger partial charge in [-0.3, -0.25) is 4.57 Å². The molecule has 1 heterocycles. The number of nitrogens with zero attached hydrogens (tertiary/aromatic N) is 2. The van der Waals surface area contributed by atoms with Gasteiger partial charge >= 0.3 is 0 Å². The van der Waals surface area contributed by atoms with E-state index in [0.29, 0.717) is 23.0 Å². The molecule has 1 aromatic carbocycles. The summed E-state index contributed by atoms with van der Waals surface area (Å²) in [4.78, 5) is 0. The van der Waals surface area contributed by atoms with Gasteiger partial charge in [-0.15, -0.1) is 0 Å². The first-order valence-corrected chi connectivity index (χ1v) is 6.31. The molecule has 0 aliphatic carbocycles. The molecule has 0 radical (unpaired) electrons. The lowest BCUT2D eigenvalue weighted by atomic mass is 10.2. The van der Waals surface area contributed by atoms with Gasteiger partial charge in [0.15, 0.2) is 0 Å². The van der Waals surface area contributed by atoms with E-state index in [1.165, 1.54) is 0 Å². The summed E-state index contributed by atoms with van der Waals surface area (Å²) in [6.45, 7) is 4.10. The van der Waals surface area contributed by atoms with E-state index in [0.717, 1.165) is 6.42 Å². The molecule has 0 aliphatic rings. The zero-order chi connectivity index (χ0) is 13.8. The second kappa shape index (κ2) is 5.49. The van der Waals surface area contributed by atoms with Crippen LogP contribution in [0.1, 0.15) is 32.0 Å². The molecule has 0 bridgehead atoms. The average molecular weight is 255 g/mol. The van der Waals surface area contributed by atoms with Crippen molar-refractivity contribution in [2.24, 2.45) is 0 Å². The minimum atomic E-state index is 0.158. The lowest BCUT2D eigenvalue weighted by Gasteiger charge is -2.17. The highest BCUT2D eigenvalue weighted by atomic mass is 16.5. The quantitative estimate of drug-likeness (QED) is 0.905. The second-order valence-electron chi connectivity index (χ2n) is 4.44. The minimum Gasteiger partial charge on any atom is -0.439 e. The summed E-state index contributed by atoms with van der Waals surface area (Å²) in [5.74, 6) is 1.25. The van der Waals surface area contributed by atoms with Crippen molar-refractivity contribution >= 4 is 5.69 Å². The molecule has 19 heavy (non-hydrogen) atoms. The van der Waals surface area contributed by atoms with Gasteiger partial charge in [0, 0.05) is 12.1 Å². The number of ether oxygens (including phenoxy) is 1. The Kier molecular flexibility index (Phi) is 3.76. The predicted molar refractivity (Wildman–Crippen MR) is 75.1 cm³/mol. The van der Waals surface area contributed by atoms with Crippen molar-refractivity contribution in [3.8, 4) is 17.7 Å². The molecule has 0 saturated carbocycles. The first kappa shape index (κ1) is 13.0. The number of nitriles is 1. The first-order chi connectivity index (χ1) is 9.17. The van der Waals surface area contributed by atoms with Crippen LogP contribution in [-0.2, 0) is 0 Å². The van der Waals surface area contributed by atoms with Crippen LogP contribution in [0.3, 0.4) is 0 Å². The minimum absolute atomic E-state index is 0.158. The van der Waals surface area contributed by atoms with E-state index >= 15 is 0 Å². The van der Waals surface area contributed by atoms with Gasteiger partial charge in [0.2, 0.25) is 5.88 Å². The van der Waals surface area contributed by atoms with Crippen LogP contribution in [-0.4, -0.2) is 4.57 Å². The van der Waals surface area contributed by atoms with Crippen LogP contribution in [0.2, 0.25) is 0 Å². The fourth-order valence-corrected chi connectivity index (χ4v) is 1.94. The summed E-state index contributed by atoms with van der Waals surface area (Å²) in [6, 6.07) is 13.4. The van der Waals surface area contributed by atoms with Crippen LogP contribution in [0.15, 0.2) is 36.4 Å². The van der Waals surface area contributed by atoms with Crippen LogP contribution in [0.5, 0.6) is 11.6 Å². The summed E-state index contributed by atoms with van der Waals surface area (Å²) < 4.78 is 7.68. The Hall–Kier alpha value is -2.41. The van der Waals surface area contributed by atoms with E-state index in [1.54, 1.807) is 6.07 Å². The molecule has 2 aromatic rings. The van der Waals surface area contributed by atoms with Gasteiger partial charge < -0.3 is 10.5 Å². The van der Waals surface area contributed by atoms with Gasteiger partial charge in [0.05, 0.1) is 5.69 Å². The number of para-hydroxylation sites is 1. The lowest BCUT2D eigenvalue weighted by Crippen LogP contribution is -2.08. The number of hydrogen-bond donors (Lipinski definition) is 1. The average Bonchev–Trinajstić information content (AvgIpc) is 2.76. The summed E-state index contributed by atoms with van der Waals surface area (Å²) in [5, 5.41) is 9.18. The van der Waals surface area contributed by atoms with Crippen molar-refractivity contribution in [3.63, 3.8) is 0 Å². The van der Waals surface area contributed by atoms with Crippen LogP contribution >= 0.6 is 0 Å². The molecule has 1 atom stereocenters. The van der Waals surface area contributed by atoms with Crippen molar-refractivity contribution in [1.82, 2.24) is 4.57 Å². The molecular formula is C15H17N3O. The smallest absolute Gasteiger partial charge is 0.224 e.